The molecule has 1 aliphatic carbocycles. The Morgan fingerprint density at radius 3 is 1.08 bits per heavy atom. The monoisotopic (exact) mass is 800 g/mol. The lowest BCUT2D eigenvalue weighted by molar-refractivity contribution is 1.18. The molecule has 0 atom stereocenters. The van der Waals surface area contributed by atoms with E-state index in [9.17, 15) is 0 Å². The predicted molar refractivity (Wildman–Crippen MR) is 265 cm³/mol. The highest BCUT2D eigenvalue weighted by Gasteiger charge is 2.22. The first-order valence-electron chi connectivity index (χ1n) is 21.9. The summed E-state index contributed by atoms with van der Waals surface area (Å²) < 4.78 is 4.83. The van der Waals surface area contributed by atoms with Crippen LogP contribution >= 0.6 is 0 Å². The average Bonchev–Trinajstić information content (AvgIpc) is 4.01. The Morgan fingerprint density at radius 2 is 0.603 bits per heavy atom. The fraction of sp³-hybridized carbons (Fsp3) is 0.0164. The highest BCUT2D eigenvalue weighted by Crippen LogP contribution is 2.43. The van der Waals surface area contributed by atoms with E-state index in [-0.39, 0.29) is 0 Å². The smallest absolute Gasteiger partial charge is 0.0541 e. The maximum absolute atomic E-state index is 2.43. The molecule has 63 heavy (non-hydrogen) atoms. The van der Waals surface area contributed by atoms with Crippen molar-refractivity contribution < 1.29 is 0 Å². The van der Waals surface area contributed by atoms with Crippen molar-refractivity contribution in [3.05, 3.63) is 242 Å². The number of nitrogens with zero attached hydrogens (tertiary/aromatic N) is 2. The summed E-state index contributed by atoms with van der Waals surface area (Å²) in [5.74, 6) is 0. The summed E-state index contributed by atoms with van der Waals surface area (Å²) >= 11 is 0. The normalized spacial score (nSPS) is 12.1. The summed E-state index contributed by atoms with van der Waals surface area (Å²) in [6, 6.07) is 84.9. The Bertz CT molecular complexity index is 3510. The molecule has 294 valence electrons. The van der Waals surface area contributed by atoms with E-state index in [1.165, 1.54) is 122 Å². The second-order valence-electron chi connectivity index (χ2n) is 16.9. The molecule has 2 heterocycles. The van der Waals surface area contributed by atoms with Crippen LogP contribution in [0.1, 0.15) is 11.1 Å². The van der Waals surface area contributed by atoms with Gasteiger partial charge in [-0.15, -0.1) is 0 Å². The number of aromatic nitrogens is 2. The van der Waals surface area contributed by atoms with Crippen LogP contribution in [0.3, 0.4) is 0 Å². The molecule has 0 saturated carbocycles. The van der Waals surface area contributed by atoms with E-state index in [4.69, 9.17) is 0 Å². The van der Waals surface area contributed by atoms with Gasteiger partial charge in [0.15, 0.2) is 0 Å². The van der Waals surface area contributed by atoms with Gasteiger partial charge in [0.05, 0.1) is 22.1 Å². The fourth-order valence-corrected chi connectivity index (χ4v) is 10.3. The molecule has 2 nitrogen and oxygen atoms in total. The molecular formula is C61H40N2. The molecule has 13 rings (SSSR count). The van der Waals surface area contributed by atoms with Crippen LogP contribution in [0.4, 0.5) is 0 Å². The van der Waals surface area contributed by atoms with Crippen molar-refractivity contribution in [2.24, 2.45) is 0 Å². The number of benzene rings is 10. The number of hydrogen-bond acceptors (Lipinski definition) is 0. The Kier molecular flexibility index (Phi) is 8.01. The third kappa shape index (κ3) is 5.80. The van der Waals surface area contributed by atoms with Gasteiger partial charge >= 0.3 is 0 Å². The van der Waals surface area contributed by atoms with Crippen molar-refractivity contribution in [2.75, 3.05) is 0 Å². The molecule has 2 heteroatoms. The molecule has 0 spiro atoms. The van der Waals surface area contributed by atoms with Crippen molar-refractivity contribution in [1.82, 2.24) is 9.13 Å². The maximum Gasteiger partial charge on any atom is 0.0541 e. The van der Waals surface area contributed by atoms with E-state index in [1.54, 1.807) is 0 Å². The molecule has 0 radical (unpaired) electrons. The zero-order valence-corrected chi connectivity index (χ0v) is 34.5. The molecule has 12 aromatic rings. The van der Waals surface area contributed by atoms with Crippen molar-refractivity contribution >= 4 is 43.6 Å². The van der Waals surface area contributed by atoms with Crippen LogP contribution in [0, 0.1) is 0 Å². The predicted octanol–water partition coefficient (Wildman–Crippen LogP) is 16.1. The number of rotatable bonds is 6. The second kappa shape index (κ2) is 14.2. The molecule has 0 amide bonds. The highest BCUT2D eigenvalue weighted by atomic mass is 15.0. The third-order valence-electron chi connectivity index (χ3n) is 13.3. The van der Waals surface area contributed by atoms with Gasteiger partial charge in [-0.2, -0.15) is 0 Å². The fourth-order valence-electron chi connectivity index (χ4n) is 10.3. The minimum atomic E-state index is 0.953. The summed E-state index contributed by atoms with van der Waals surface area (Å²) in [6.45, 7) is 0. The number of hydrogen-bond donors (Lipinski definition) is 0. The van der Waals surface area contributed by atoms with Crippen LogP contribution in [-0.2, 0) is 6.42 Å². The lowest BCUT2D eigenvalue weighted by atomic mass is 9.95. The van der Waals surface area contributed by atoms with E-state index < -0.39 is 0 Å². The zero-order valence-electron chi connectivity index (χ0n) is 34.5. The Labute approximate surface area is 366 Å². The van der Waals surface area contributed by atoms with Crippen LogP contribution in [0.25, 0.3) is 111 Å². The van der Waals surface area contributed by atoms with Crippen LogP contribution in [0.15, 0.2) is 231 Å². The lowest BCUT2D eigenvalue weighted by Crippen LogP contribution is -1.94. The molecule has 0 fully saturated rings. The van der Waals surface area contributed by atoms with E-state index in [1.807, 2.05) is 0 Å². The summed E-state index contributed by atoms with van der Waals surface area (Å²) in [6.07, 6.45) is 0.953. The van der Waals surface area contributed by atoms with E-state index in [0.29, 0.717) is 0 Å². The van der Waals surface area contributed by atoms with E-state index in [0.717, 1.165) is 6.42 Å². The van der Waals surface area contributed by atoms with Crippen molar-refractivity contribution in [2.45, 2.75) is 6.42 Å². The van der Waals surface area contributed by atoms with Crippen LogP contribution < -0.4 is 0 Å². The minimum Gasteiger partial charge on any atom is -0.309 e. The minimum absolute atomic E-state index is 0.953. The number of para-hydroxylation sites is 2. The number of fused-ring (bicyclic) bond motifs is 9. The molecule has 10 aromatic carbocycles. The lowest BCUT2D eigenvalue weighted by Gasteiger charge is -2.11. The van der Waals surface area contributed by atoms with Gasteiger partial charge in [-0.3, -0.25) is 0 Å². The average molecular weight is 801 g/mol. The first-order chi connectivity index (χ1) is 31.2. The second-order valence-corrected chi connectivity index (χ2v) is 16.9. The van der Waals surface area contributed by atoms with Gasteiger partial charge in [0.2, 0.25) is 0 Å². The topological polar surface area (TPSA) is 9.86 Å². The quantitative estimate of drug-likeness (QED) is 0.159. The third-order valence-corrected chi connectivity index (χ3v) is 13.3. The Hall–Kier alpha value is -8.20. The van der Waals surface area contributed by atoms with Crippen molar-refractivity contribution in [3.63, 3.8) is 0 Å². The standard InChI is InChI=1S/C61H40N2/c1-3-13-40(14-4-1)42-17-11-19-50(34-42)62-58-23-9-7-21-52(58)56-38-46(29-31-60(56)62)44-25-27-48-33-49-28-26-45(37-55(49)54(48)36-44)47-30-32-61-57(39-47)53-22-8-10-24-59(53)63(61)51-20-12-18-43(35-51)41-15-5-2-6-16-41/h1-32,34-39H,33H2. The van der Waals surface area contributed by atoms with Crippen molar-refractivity contribution in [3.8, 4) is 67.0 Å². The molecule has 0 unspecified atom stereocenters. The molecular weight excluding hydrogens is 761 g/mol. The van der Waals surface area contributed by atoms with Crippen LogP contribution in [0.5, 0.6) is 0 Å². The Morgan fingerprint density at radius 1 is 0.238 bits per heavy atom. The molecule has 2 aromatic heterocycles. The van der Waals surface area contributed by atoms with Crippen molar-refractivity contribution in [1.29, 1.82) is 0 Å². The zero-order chi connectivity index (χ0) is 41.4. The highest BCUT2D eigenvalue weighted by molar-refractivity contribution is 6.12. The van der Waals surface area contributed by atoms with Crippen LogP contribution in [-0.4, -0.2) is 9.13 Å². The van der Waals surface area contributed by atoms with Gasteiger partial charge in [0.1, 0.15) is 0 Å². The summed E-state index contributed by atoms with van der Waals surface area (Å²) in [5.41, 5.74) is 22.4. The summed E-state index contributed by atoms with van der Waals surface area (Å²) in [7, 11) is 0. The van der Waals surface area contributed by atoms with Gasteiger partial charge in [-0.25, -0.2) is 0 Å². The molecule has 0 aliphatic heterocycles. The maximum atomic E-state index is 2.43. The molecule has 0 N–H and O–H groups in total. The summed E-state index contributed by atoms with van der Waals surface area (Å²) in [4.78, 5) is 0. The van der Waals surface area contributed by atoms with Gasteiger partial charge < -0.3 is 9.13 Å². The largest absolute Gasteiger partial charge is 0.309 e. The van der Waals surface area contributed by atoms with E-state index >= 15 is 0 Å². The van der Waals surface area contributed by atoms with E-state index in [2.05, 4.69) is 240 Å². The van der Waals surface area contributed by atoms with Gasteiger partial charge in [0.25, 0.3) is 0 Å². The van der Waals surface area contributed by atoms with Gasteiger partial charge in [-0.1, -0.05) is 158 Å². The van der Waals surface area contributed by atoms with Crippen LogP contribution in [0.2, 0.25) is 0 Å². The first-order valence-corrected chi connectivity index (χ1v) is 21.9. The molecule has 0 bridgehead atoms. The SMILES string of the molecule is c1ccc(-c2cccc(-n3c4ccccc4c4cc(-c5ccc6c(c5)-c5cc(-c7ccc8c(c7)c7ccccc7n8-c7cccc(-c8ccccc8)c7)ccc5C6)ccc43)c2)cc1. The van der Waals surface area contributed by atoms with Gasteiger partial charge in [0, 0.05) is 32.9 Å². The molecule has 1 aliphatic rings. The summed E-state index contributed by atoms with van der Waals surface area (Å²) in [5, 5.41) is 5.04. The Balaban J connectivity index is 0.878. The van der Waals surface area contributed by atoms with Gasteiger partial charge in [-0.05, 0) is 146 Å². The molecule has 0 saturated heterocycles. The first kappa shape index (κ1) is 35.5.